The number of primary amides is 1. The van der Waals surface area contributed by atoms with Gasteiger partial charge in [-0.1, -0.05) is 12.1 Å². The van der Waals surface area contributed by atoms with Crippen molar-refractivity contribution in [3.63, 3.8) is 0 Å². The first-order chi connectivity index (χ1) is 10.5. The zero-order valence-electron chi connectivity index (χ0n) is 12.5. The molecule has 0 atom stereocenters. The van der Waals surface area contributed by atoms with Crippen LogP contribution in [0.1, 0.15) is 15.9 Å². The molecule has 7 heteroatoms. The van der Waals surface area contributed by atoms with Gasteiger partial charge in [-0.2, -0.15) is 5.10 Å². The van der Waals surface area contributed by atoms with Crippen molar-refractivity contribution in [3.8, 4) is 5.75 Å². The lowest BCUT2D eigenvalue weighted by atomic mass is 9.95. The monoisotopic (exact) mass is 302 g/mol. The fourth-order valence-corrected chi connectivity index (χ4v) is 1.90. The van der Waals surface area contributed by atoms with Gasteiger partial charge < -0.3 is 15.4 Å². The summed E-state index contributed by atoms with van der Waals surface area (Å²) in [7, 11) is 3.91. The molecule has 1 aromatic carbocycles. The molecule has 0 unspecified atom stereocenters. The number of fused-ring (bicyclic) bond motifs is 1. The number of carbonyl (C=O) groups is 2. The first kappa shape index (κ1) is 15.7. The van der Waals surface area contributed by atoms with E-state index in [2.05, 4.69) is 10.5 Å². The van der Waals surface area contributed by atoms with Gasteiger partial charge in [0.1, 0.15) is 18.1 Å². The molecular formula is C15H18N4O3. The van der Waals surface area contributed by atoms with Crippen molar-refractivity contribution in [1.29, 1.82) is 0 Å². The van der Waals surface area contributed by atoms with Crippen LogP contribution in [0.25, 0.3) is 6.08 Å². The van der Waals surface area contributed by atoms with Crippen molar-refractivity contribution in [1.82, 2.24) is 10.3 Å². The summed E-state index contributed by atoms with van der Waals surface area (Å²) in [5.74, 6) is 0.329. The molecule has 0 spiro atoms. The van der Waals surface area contributed by atoms with E-state index in [1.54, 1.807) is 12.1 Å². The molecular weight excluding hydrogens is 284 g/mol. The number of nitrogens with two attached hydrogens (primary N) is 1. The number of carbonyl (C=O) groups excluding carboxylic acids is 2. The van der Waals surface area contributed by atoms with Gasteiger partial charge in [0, 0.05) is 12.1 Å². The van der Waals surface area contributed by atoms with Gasteiger partial charge in [0.05, 0.1) is 0 Å². The number of hydrazone groups is 1. The van der Waals surface area contributed by atoms with Crippen LogP contribution < -0.4 is 15.9 Å². The maximum absolute atomic E-state index is 12.3. The average Bonchev–Trinajstić information content (AvgIpc) is 2.46. The minimum Gasteiger partial charge on any atom is -0.492 e. The van der Waals surface area contributed by atoms with Crippen LogP contribution >= 0.6 is 0 Å². The van der Waals surface area contributed by atoms with E-state index < -0.39 is 6.03 Å². The number of amides is 2. The number of urea groups is 1. The first-order valence-corrected chi connectivity index (χ1v) is 6.75. The van der Waals surface area contributed by atoms with Gasteiger partial charge in [-0.05, 0) is 37.9 Å². The standard InChI is InChI=1S/C15H18N4O3/c1-19(2)7-8-22-11-5-3-10-4-6-13(17-18-15(16)21)14(20)12(10)9-11/h3-6,9H,7-8H2,1-2H3,(H3,16,18,21)/b17-13+. The van der Waals surface area contributed by atoms with Crippen LogP contribution in [-0.2, 0) is 0 Å². The summed E-state index contributed by atoms with van der Waals surface area (Å²) in [6.45, 7) is 1.31. The largest absolute Gasteiger partial charge is 0.492 e. The third-order valence-electron chi connectivity index (χ3n) is 3.02. The Morgan fingerprint density at radius 1 is 1.36 bits per heavy atom. The van der Waals surface area contributed by atoms with E-state index >= 15 is 0 Å². The van der Waals surface area contributed by atoms with Gasteiger partial charge in [-0.15, -0.1) is 0 Å². The van der Waals surface area contributed by atoms with Crippen molar-refractivity contribution in [2.24, 2.45) is 10.8 Å². The van der Waals surface area contributed by atoms with Gasteiger partial charge in [0.15, 0.2) is 0 Å². The topological polar surface area (TPSA) is 97.0 Å². The molecule has 0 aliphatic heterocycles. The van der Waals surface area contributed by atoms with Crippen LogP contribution in [0, 0.1) is 0 Å². The molecule has 1 aliphatic rings. The van der Waals surface area contributed by atoms with Crippen molar-refractivity contribution in [2.75, 3.05) is 27.2 Å². The Bertz CT molecular complexity index is 650. The van der Waals surface area contributed by atoms with Crippen molar-refractivity contribution >= 4 is 23.6 Å². The average molecular weight is 302 g/mol. The Morgan fingerprint density at radius 3 is 2.82 bits per heavy atom. The fourth-order valence-electron chi connectivity index (χ4n) is 1.90. The van der Waals surface area contributed by atoms with E-state index in [1.807, 2.05) is 31.1 Å². The zero-order valence-corrected chi connectivity index (χ0v) is 12.5. The van der Waals surface area contributed by atoms with Crippen LogP contribution in [0.15, 0.2) is 29.4 Å². The van der Waals surface area contributed by atoms with E-state index in [-0.39, 0.29) is 11.5 Å². The number of rotatable bonds is 5. The second kappa shape index (κ2) is 6.86. The van der Waals surface area contributed by atoms with Crippen LogP contribution in [-0.4, -0.2) is 49.7 Å². The third kappa shape index (κ3) is 3.92. The molecule has 22 heavy (non-hydrogen) atoms. The first-order valence-electron chi connectivity index (χ1n) is 6.75. The SMILES string of the molecule is CN(C)CCOc1ccc2c(c1)C(=O)/C(=N/NC(N)=O)C=C2. The predicted molar refractivity (Wildman–Crippen MR) is 84.0 cm³/mol. The lowest BCUT2D eigenvalue weighted by Gasteiger charge is -2.14. The molecule has 0 fully saturated rings. The normalized spacial score (nSPS) is 15.0. The number of nitrogens with one attached hydrogen (secondary N) is 1. The number of ether oxygens (including phenoxy) is 1. The van der Waals surface area contributed by atoms with E-state index in [4.69, 9.17) is 10.5 Å². The van der Waals surface area contributed by atoms with Gasteiger partial charge in [0.2, 0.25) is 5.78 Å². The third-order valence-corrected chi connectivity index (χ3v) is 3.02. The highest BCUT2D eigenvalue weighted by Gasteiger charge is 2.20. The number of Topliss-reactive ketones (excluding diaryl/α,β-unsaturated/α-hetero) is 1. The number of ketones is 1. The van der Waals surface area contributed by atoms with Crippen molar-refractivity contribution < 1.29 is 14.3 Å². The Hall–Kier alpha value is -2.67. The maximum Gasteiger partial charge on any atom is 0.332 e. The van der Waals surface area contributed by atoms with Crippen LogP contribution in [0.5, 0.6) is 5.75 Å². The number of hydrogen-bond acceptors (Lipinski definition) is 5. The summed E-state index contributed by atoms with van der Waals surface area (Å²) in [5.41, 5.74) is 8.38. The number of allylic oxidation sites excluding steroid dienone is 1. The Labute approximate surface area is 128 Å². The quantitative estimate of drug-likeness (QED) is 0.788. The molecule has 3 N–H and O–H groups in total. The predicted octanol–water partition coefficient (Wildman–Crippen LogP) is 0.861. The minimum atomic E-state index is -0.819. The van der Waals surface area contributed by atoms with E-state index in [1.165, 1.54) is 6.08 Å². The zero-order chi connectivity index (χ0) is 16.1. The Balaban J connectivity index is 2.16. The molecule has 0 saturated carbocycles. The van der Waals surface area contributed by atoms with E-state index in [9.17, 15) is 9.59 Å². The lowest BCUT2D eigenvalue weighted by molar-refractivity contribution is 0.106. The lowest BCUT2D eigenvalue weighted by Crippen LogP contribution is -2.28. The highest BCUT2D eigenvalue weighted by Crippen LogP contribution is 2.23. The summed E-state index contributed by atoms with van der Waals surface area (Å²) >= 11 is 0. The number of benzene rings is 1. The Morgan fingerprint density at radius 2 is 2.14 bits per heavy atom. The van der Waals surface area contributed by atoms with E-state index in [0.717, 1.165) is 12.1 Å². The van der Waals surface area contributed by atoms with Crippen LogP contribution in [0.3, 0.4) is 0 Å². The van der Waals surface area contributed by atoms with E-state index in [0.29, 0.717) is 17.9 Å². The number of hydrogen-bond donors (Lipinski definition) is 2. The molecule has 116 valence electrons. The molecule has 0 heterocycles. The summed E-state index contributed by atoms with van der Waals surface area (Å²) in [6.07, 6.45) is 3.29. The molecule has 2 amide bonds. The summed E-state index contributed by atoms with van der Waals surface area (Å²) in [6, 6.07) is 4.49. The molecule has 0 saturated heterocycles. The van der Waals surface area contributed by atoms with Crippen LogP contribution in [0.4, 0.5) is 4.79 Å². The van der Waals surface area contributed by atoms with Gasteiger partial charge in [0.25, 0.3) is 0 Å². The Kier molecular flexibility index (Phi) is 4.90. The second-order valence-corrected chi connectivity index (χ2v) is 5.04. The van der Waals surface area contributed by atoms with Gasteiger partial charge >= 0.3 is 6.03 Å². The molecule has 2 rings (SSSR count). The van der Waals surface area contributed by atoms with Crippen LogP contribution in [0.2, 0.25) is 0 Å². The summed E-state index contributed by atoms with van der Waals surface area (Å²) < 4.78 is 5.62. The summed E-state index contributed by atoms with van der Waals surface area (Å²) in [5, 5.41) is 3.69. The summed E-state index contributed by atoms with van der Waals surface area (Å²) in [4.78, 5) is 25.0. The molecule has 0 bridgehead atoms. The fraction of sp³-hybridized carbons (Fsp3) is 0.267. The molecule has 0 radical (unpaired) electrons. The highest BCUT2D eigenvalue weighted by molar-refractivity contribution is 6.52. The number of likely N-dealkylation sites (N-methyl/N-ethyl adjacent to an activating group) is 1. The minimum absolute atomic E-state index is 0.122. The van der Waals surface area contributed by atoms with Crippen molar-refractivity contribution in [2.45, 2.75) is 0 Å². The smallest absolute Gasteiger partial charge is 0.332 e. The van der Waals surface area contributed by atoms with Gasteiger partial charge in [-0.3, -0.25) is 4.79 Å². The van der Waals surface area contributed by atoms with Crippen molar-refractivity contribution in [3.05, 3.63) is 35.4 Å². The molecule has 1 aliphatic carbocycles. The van der Waals surface area contributed by atoms with Gasteiger partial charge in [-0.25, -0.2) is 10.2 Å². The molecule has 0 aromatic heterocycles. The maximum atomic E-state index is 12.3. The highest BCUT2D eigenvalue weighted by atomic mass is 16.5. The second-order valence-electron chi connectivity index (χ2n) is 5.04. The molecule has 1 aromatic rings. The number of nitrogens with zero attached hydrogens (tertiary/aromatic N) is 2. The molecule has 7 nitrogen and oxygen atoms in total.